The van der Waals surface area contributed by atoms with Gasteiger partial charge in [-0.1, -0.05) is 134 Å². The molecule has 54 heavy (non-hydrogen) atoms. The number of nitrogens with zero attached hydrogens (tertiary/aromatic N) is 1. The zero-order valence-corrected chi connectivity index (χ0v) is 35.8. The molecule has 1 aliphatic rings. The summed E-state index contributed by atoms with van der Waals surface area (Å²) < 4.78 is 39.5. The molecule has 0 N–H and O–H groups in total. The summed E-state index contributed by atoms with van der Waals surface area (Å²) in [4.78, 5) is 37.5. The number of carbonyl (C=O) groups excluding carboxylic acids is 2. The third-order valence-corrected chi connectivity index (χ3v) is 10.3. The van der Waals surface area contributed by atoms with Gasteiger partial charge >= 0.3 is 11.9 Å². The topological polar surface area (TPSA) is 124 Å². The monoisotopic (exact) mass is 784 g/mol. The number of quaternary nitrogens is 1. The van der Waals surface area contributed by atoms with E-state index in [1.54, 1.807) is 0 Å². The number of hydrogen-bond donors (Lipinski definition) is 0. The normalized spacial score (nSPS) is 17.7. The van der Waals surface area contributed by atoms with Crippen molar-refractivity contribution in [1.29, 1.82) is 0 Å². The Morgan fingerprint density at radius 2 is 1.19 bits per heavy atom. The van der Waals surface area contributed by atoms with E-state index in [0.29, 0.717) is 36.1 Å². The first-order chi connectivity index (χ1) is 26.0. The van der Waals surface area contributed by atoms with Crippen LogP contribution in [0.25, 0.3) is 0 Å². The second kappa shape index (κ2) is 32.3. The number of rotatable bonds is 37. The molecule has 0 aromatic carbocycles. The molecule has 0 aliphatic carbocycles. The number of ether oxygens (including phenoxy) is 3. The maximum absolute atomic E-state index is 12.6. The van der Waals surface area contributed by atoms with Gasteiger partial charge in [-0.25, -0.2) is 0 Å². The van der Waals surface area contributed by atoms with E-state index in [4.69, 9.17) is 23.3 Å². The predicted octanol–water partition coefficient (Wildman–Crippen LogP) is 10.1. The van der Waals surface area contributed by atoms with Crippen LogP contribution in [0.15, 0.2) is 36.5 Å². The third kappa shape index (κ3) is 32.4. The summed E-state index contributed by atoms with van der Waals surface area (Å²) in [6.45, 7) is 4.11. The van der Waals surface area contributed by atoms with Crippen LogP contribution in [0.5, 0.6) is 0 Å². The largest absolute Gasteiger partial charge is 0.756 e. The van der Waals surface area contributed by atoms with Crippen LogP contribution in [0, 0.1) is 0 Å². The highest BCUT2D eigenvalue weighted by Gasteiger charge is 2.36. The smallest absolute Gasteiger partial charge is 0.306 e. The van der Waals surface area contributed by atoms with Crippen LogP contribution in [0.2, 0.25) is 0 Å². The first kappa shape index (κ1) is 50.2. The fourth-order valence-electron chi connectivity index (χ4n) is 5.81. The van der Waals surface area contributed by atoms with Crippen molar-refractivity contribution in [3.05, 3.63) is 36.5 Å². The highest BCUT2D eigenvalue weighted by molar-refractivity contribution is 7.45. The van der Waals surface area contributed by atoms with Gasteiger partial charge in [0.2, 0.25) is 0 Å². The maximum Gasteiger partial charge on any atom is 0.306 e. The van der Waals surface area contributed by atoms with E-state index in [-0.39, 0.29) is 26.1 Å². The second-order valence-corrected chi connectivity index (χ2v) is 17.2. The molecular formula is C43H78NO9P. The summed E-state index contributed by atoms with van der Waals surface area (Å²) in [7, 11) is 1.12. The molecule has 11 heteroatoms. The molecule has 0 amide bonds. The zero-order valence-electron chi connectivity index (χ0n) is 34.9. The average molecular weight is 784 g/mol. The molecule has 1 rings (SSSR count). The van der Waals surface area contributed by atoms with E-state index in [1.165, 1.54) is 77.0 Å². The minimum Gasteiger partial charge on any atom is -0.756 e. The van der Waals surface area contributed by atoms with Crippen LogP contribution in [-0.2, 0) is 37.4 Å². The van der Waals surface area contributed by atoms with Crippen LogP contribution < -0.4 is 4.89 Å². The third-order valence-electron chi connectivity index (χ3n) is 9.32. The molecule has 314 valence electrons. The molecule has 1 saturated heterocycles. The Hall–Kier alpha value is -1.81. The van der Waals surface area contributed by atoms with E-state index < -0.39 is 32.5 Å². The van der Waals surface area contributed by atoms with Gasteiger partial charge in [0.05, 0.1) is 40.0 Å². The quantitative estimate of drug-likeness (QED) is 0.0151. The van der Waals surface area contributed by atoms with Crippen LogP contribution in [0.4, 0.5) is 0 Å². The van der Waals surface area contributed by atoms with Crippen molar-refractivity contribution in [2.75, 3.05) is 47.5 Å². The van der Waals surface area contributed by atoms with Crippen LogP contribution >= 0.6 is 7.82 Å². The number of unbranched alkanes of at least 4 members (excludes halogenated alkanes) is 15. The van der Waals surface area contributed by atoms with Gasteiger partial charge in [-0.15, -0.1) is 0 Å². The van der Waals surface area contributed by atoms with Crippen molar-refractivity contribution >= 4 is 19.8 Å². The lowest BCUT2D eigenvalue weighted by Gasteiger charge is -2.28. The van der Waals surface area contributed by atoms with Crippen molar-refractivity contribution < 1.29 is 46.8 Å². The molecule has 0 aromatic rings. The van der Waals surface area contributed by atoms with Crippen LogP contribution in [-0.4, -0.2) is 82.2 Å². The Morgan fingerprint density at radius 3 is 1.81 bits per heavy atom. The summed E-state index contributed by atoms with van der Waals surface area (Å²) >= 11 is 0. The van der Waals surface area contributed by atoms with E-state index in [2.05, 4.69) is 44.2 Å². The Morgan fingerprint density at radius 1 is 0.667 bits per heavy atom. The highest BCUT2D eigenvalue weighted by Crippen LogP contribution is 2.38. The number of phosphoric acid groups is 1. The van der Waals surface area contributed by atoms with Crippen LogP contribution in [0.3, 0.4) is 0 Å². The molecule has 4 atom stereocenters. The molecule has 10 nitrogen and oxygen atoms in total. The lowest BCUT2D eigenvalue weighted by molar-refractivity contribution is -0.870. The van der Waals surface area contributed by atoms with Gasteiger partial charge in [-0.05, 0) is 51.4 Å². The van der Waals surface area contributed by atoms with Gasteiger partial charge in [0.25, 0.3) is 7.82 Å². The number of likely N-dealkylation sites (N-methyl/N-ethyl adjacent to an activating group) is 1. The molecule has 0 spiro atoms. The van der Waals surface area contributed by atoms with Gasteiger partial charge in [0.15, 0.2) is 6.10 Å². The van der Waals surface area contributed by atoms with Crippen molar-refractivity contribution in [2.45, 2.75) is 180 Å². The number of phosphoric ester groups is 1. The average Bonchev–Trinajstić information content (AvgIpc) is 3.87. The molecule has 1 heterocycles. The first-order valence-corrected chi connectivity index (χ1v) is 22.8. The van der Waals surface area contributed by atoms with Crippen molar-refractivity contribution in [3.8, 4) is 0 Å². The van der Waals surface area contributed by atoms with Crippen molar-refractivity contribution in [2.24, 2.45) is 0 Å². The molecule has 0 aromatic heterocycles. The lowest BCUT2D eigenvalue weighted by Crippen LogP contribution is -2.37. The Labute approximate surface area is 329 Å². The fraction of sp³-hybridized carbons (Fsp3) is 0.814. The molecule has 0 saturated carbocycles. The van der Waals surface area contributed by atoms with E-state index in [9.17, 15) is 19.0 Å². The van der Waals surface area contributed by atoms with Gasteiger partial charge in [0.1, 0.15) is 19.8 Å². The van der Waals surface area contributed by atoms with Gasteiger partial charge in [-0.3, -0.25) is 14.2 Å². The molecule has 1 fully saturated rings. The number of esters is 2. The molecule has 3 unspecified atom stereocenters. The lowest BCUT2D eigenvalue weighted by atomic mass is 10.0. The van der Waals surface area contributed by atoms with Crippen LogP contribution in [0.1, 0.15) is 162 Å². The zero-order chi connectivity index (χ0) is 39.8. The number of carbonyl (C=O) groups is 2. The SMILES string of the molecule is CCCCC/C=C\CC1OC1C/C=C\C/C=C\CCCC(=O)O[C@H](COC(=O)CCCCCCCCCCCCCC)COP(=O)([O-])OCC[N+](C)(C)C. The maximum atomic E-state index is 12.6. The summed E-state index contributed by atoms with van der Waals surface area (Å²) in [5.74, 6) is -0.906. The number of epoxide rings is 1. The summed E-state index contributed by atoms with van der Waals surface area (Å²) in [6.07, 6.45) is 36.3. The Kier molecular flexibility index (Phi) is 30.0. The minimum atomic E-state index is -4.64. The second-order valence-electron chi connectivity index (χ2n) is 15.7. The van der Waals surface area contributed by atoms with E-state index in [0.717, 1.165) is 44.9 Å². The van der Waals surface area contributed by atoms with Crippen molar-refractivity contribution in [3.63, 3.8) is 0 Å². The van der Waals surface area contributed by atoms with Gasteiger partial charge in [-0.2, -0.15) is 0 Å². The standard InChI is InChI=1S/C43H78NO9P/c1-6-8-10-12-14-15-16-17-18-21-25-29-33-42(45)49-37-39(38-51-54(47,48)50-36-35-44(3,4)5)52-43(46)34-30-26-22-19-20-24-28-32-41-40(53-41)31-27-23-13-11-9-7-2/h19,22-24,27-28,39-41H,6-18,20-21,25-26,29-38H2,1-5H3/b22-19-,27-23-,28-24-/t39-,40?,41?/m1/s1. The van der Waals surface area contributed by atoms with E-state index >= 15 is 0 Å². The number of hydrogen-bond acceptors (Lipinski definition) is 9. The van der Waals surface area contributed by atoms with E-state index in [1.807, 2.05) is 27.2 Å². The van der Waals surface area contributed by atoms with Gasteiger partial charge in [0, 0.05) is 12.8 Å². The van der Waals surface area contributed by atoms with Gasteiger partial charge < -0.3 is 32.6 Å². The highest BCUT2D eigenvalue weighted by atomic mass is 31.2. The fourth-order valence-corrected chi connectivity index (χ4v) is 6.53. The molecule has 0 radical (unpaired) electrons. The molecule has 0 bridgehead atoms. The summed E-state index contributed by atoms with van der Waals surface area (Å²) in [5, 5.41) is 0. The molecular weight excluding hydrogens is 705 g/mol. The summed E-state index contributed by atoms with van der Waals surface area (Å²) in [6, 6.07) is 0. The molecule has 1 aliphatic heterocycles. The Bertz CT molecular complexity index is 1090. The predicted molar refractivity (Wildman–Crippen MR) is 217 cm³/mol. The van der Waals surface area contributed by atoms with Crippen molar-refractivity contribution in [1.82, 2.24) is 0 Å². The first-order valence-electron chi connectivity index (χ1n) is 21.3. The summed E-state index contributed by atoms with van der Waals surface area (Å²) in [5.41, 5.74) is 0. The number of allylic oxidation sites excluding steroid dienone is 4. The Balaban J connectivity index is 2.34. The minimum absolute atomic E-state index is 0.0431.